The van der Waals surface area contributed by atoms with Gasteiger partial charge in [0.2, 0.25) is 5.82 Å². The monoisotopic (exact) mass is 252 g/mol. The predicted octanol–water partition coefficient (Wildman–Crippen LogP) is 1.81. The van der Waals surface area contributed by atoms with Crippen LogP contribution in [-0.4, -0.2) is 15.6 Å². The lowest BCUT2D eigenvalue weighted by molar-refractivity contribution is -0.521. The third-order valence-electron chi connectivity index (χ3n) is 3.17. The van der Waals surface area contributed by atoms with Crippen LogP contribution in [0.1, 0.15) is 16.2 Å². The van der Waals surface area contributed by atoms with Crippen LogP contribution in [-0.2, 0) is 6.54 Å². The van der Waals surface area contributed by atoms with E-state index in [0.717, 1.165) is 11.5 Å². The lowest BCUT2D eigenvalue weighted by Crippen LogP contribution is -2.24. The van der Waals surface area contributed by atoms with Crippen LogP contribution in [0.3, 0.4) is 0 Å². The minimum Gasteiger partial charge on any atom is -0.290 e. The number of Topliss-reactive ketones (excluding diaryl/α,β-unsaturated/α-hetero) is 1. The summed E-state index contributed by atoms with van der Waals surface area (Å²) in [5, 5.41) is 4.44. The van der Waals surface area contributed by atoms with Gasteiger partial charge in [0.25, 0.3) is 0 Å². The zero-order valence-electron chi connectivity index (χ0n) is 10.7. The summed E-state index contributed by atoms with van der Waals surface area (Å²) in [5.41, 5.74) is 1.56. The quantitative estimate of drug-likeness (QED) is 0.527. The van der Waals surface area contributed by atoms with Crippen molar-refractivity contribution in [2.45, 2.75) is 13.5 Å². The van der Waals surface area contributed by atoms with E-state index in [2.05, 4.69) is 5.10 Å². The molecule has 0 fully saturated rings. The molecule has 0 atom stereocenters. The Labute approximate surface area is 110 Å². The van der Waals surface area contributed by atoms with E-state index in [-0.39, 0.29) is 12.3 Å². The lowest BCUT2D eigenvalue weighted by Gasteiger charge is -1.97. The molecule has 0 aliphatic rings. The SMILES string of the molecule is Cc1n(CC(=O)c2ccccc2)nc2cccc[n+]12. The highest BCUT2D eigenvalue weighted by molar-refractivity contribution is 5.95. The fourth-order valence-electron chi connectivity index (χ4n) is 2.11. The fraction of sp³-hybridized carbons (Fsp3) is 0.133. The standard InChI is InChI=1S/C15H14N3O/c1-12-17-10-6-5-9-15(17)16-18(12)11-14(19)13-7-3-2-4-8-13/h2-10H,11H2,1H3/q+1. The summed E-state index contributed by atoms with van der Waals surface area (Å²) in [4.78, 5) is 12.2. The van der Waals surface area contributed by atoms with Gasteiger partial charge in [0.15, 0.2) is 12.3 Å². The Morgan fingerprint density at radius 3 is 2.63 bits per heavy atom. The Kier molecular flexibility index (Phi) is 2.83. The second-order valence-electron chi connectivity index (χ2n) is 4.42. The first-order valence-electron chi connectivity index (χ1n) is 6.18. The van der Waals surface area contributed by atoms with Crippen LogP contribution in [0, 0.1) is 6.92 Å². The van der Waals surface area contributed by atoms with E-state index in [1.807, 2.05) is 66.1 Å². The molecule has 0 saturated heterocycles. The van der Waals surface area contributed by atoms with Gasteiger partial charge in [-0.1, -0.05) is 36.4 Å². The Morgan fingerprint density at radius 2 is 1.89 bits per heavy atom. The molecule has 0 bridgehead atoms. The molecule has 0 unspecified atom stereocenters. The molecule has 0 N–H and O–H groups in total. The van der Waals surface area contributed by atoms with E-state index in [1.54, 1.807) is 4.68 Å². The molecule has 0 radical (unpaired) electrons. The summed E-state index contributed by atoms with van der Waals surface area (Å²) in [6.07, 6.45) is 1.95. The zero-order chi connectivity index (χ0) is 13.2. The van der Waals surface area contributed by atoms with Gasteiger partial charge in [-0.25, -0.2) is 4.40 Å². The van der Waals surface area contributed by atoms with Crippen molar-refractivity contribution in [1.82, 2.24) is 9.78 Å². The highest BCUT2D eigenvalue weighted by Crippen LogP contribution is 2.04. The fourth-order valence-corrected chi connectivity index (χ4v) is 2.11. The van der Waals surface area contributed by atoms with Crippen molar-refractivity contribution in [1.29, 1.82) is 0 Å². The van der Waals surface area contributed by atoms with Crippen molar-refractivity contribution in [3.63, 3.8) is 0 Å². The summed E-state index contributed by atoms with van der Waals surface area (Å²) >= 11 is 0. The maximum atomic E-state index is 12.2. The van der Waals surface area contributed by atoms with Crippen LogP contribution in [0.2, 0.25) is 0 Å². The number of aryl methyl sites for hydroxylation is 1. The van der Waals surface area contributed by atoms with Gasteiger partial charge in [0.05, 0.1) is 6.20 Å². The maximum Gasteiger partial charge on any atom is 0.306 e. The van der Waals surface area contributed by atoms with Gasteiger partial charge >= 0.3 is 5.65 Å². The van der Waals surface area contributed by atoms with Gasteiger partial charge in [-0.2, -0.15) is 0 Å². The third kappa shape index (κ3) is 2.12. The number of carbonyl (C=O) groups is 1. The van der Waals surface area contributed by atoms with Crippen molar-refractivity contribution in [3.8, 4) is 0 Å². The topological polar surface area (TPSA) is 39.0 Å². The molecule has 3 rings (SSSR count). The average Bonchev–Trinajstić information content (AvgIpc) is 2.77. The van der Waals surface area contributed by atoms with E-state index in [9.17, 15) is 4.79 Å². The van der Waals surface area contributed by atoms with Gasteiger partial charge in [0, 0.05) is 23.7 Å². The highest BCUT2D eigenvalue weighted by atomic mass is 16.1. The molecule has 19 heavy (non-hydrogen) atoms. The Morgan fingerprint density at radius 1 is 1.16 bits per heavy atom. The molecule has 1 aromatic carbocycles. The largest absolute Gasteiger partial charge is 0.306 e. The molecule has 0 aliphatic carbocycles. The first-order chi connectivity index (χ1) is 9.25. The van der Waals surface area contributed by atoms with E-state index >= 15 is 0 Å². The number of aromatic nitrogens is 3. The Bertz CT molecular complexity index is 731. The van der Waals surface area contributed by atoms with Crippen LogP contribution in [0.15, 0.2) is 54.7 Å². The van der Waals surface area contributed by atoms with E-state index in [1.165, 1.54) is 0 Å². The molecule has 4 nitrogen and oxygen atoms in total. The third-order valence-corrected chi connectivity index (χ3v) is 3.17. The number of hydrogen-bond acceptors (Lipinski definition) is 2. The Hall–Kier alpha value is -2.49. The van der Waals surface area contributed by atoms with Gasteiger partial charge in [-0.05, 0) is 6.07 Å². The first kappa shape index (κ1) is 11.6. The van der Waals surface area contributed by atoms with Crippen LogP contribution >= 0.6 is 0 Å². The maximum absolute atomic E-state index is 12.2. The van der Waals surface area contributed by atoms with Crippen molar-refractivity contribution in [2.24, 2.45) is 0 Å². The molecule has 0 amide bonds. The number of benzene rings is 1. The highest BCUT2D eigenvalue weighted by Gasteiger charge is 2.18. The second kappa shape index (κ2) is 4.65. The summed E-state index contributed by atoms with van der Waals surface area (Å²) < 4.78 is 3.71. The van der Waals surface area contributed by atoms with Crippen LogP contribution in [0.4, 0.5) is 0 Å². The van der Waals surface area contributed by atoms with Gasteiger partial charge in [0.1, 0.15) is 0 Å². The number of nitrogens with zero attached hydrogens (tertiary/aromatic N) is 3. The molecule has 4 heteroatoms. The minimum absolute atomic E-state index is 0.0668. The number of ketones is 1. The van der Waals surface area contributed by atoms with E-state index < -0.39 is 0 Å². The van der Waals surface area contributed by atoms with Crippen molar-refractivity contribution >= 4 is 11.4 Å². The summed E-state index contributed by atoms with van der Waals surface area (Å²) in [6.45, 7) is 2.22. The summed E-state index contributed by atoms with van der Waals surface area (Å²) in [5.74, 6) is 1.01. The molecular weight excluding hydrogens is 238 g/mol. The molecule has 0 aliphatic heterocycles. The molecule has 2 aromatic heterocycles. The van der Waals surface area contributed by atoms with Crippen molar-refractivity contribution < 1.29 is 9.20 Å². The molecular formula is C15H14N3O+. The number of rotatable bonds is 3. The van der Waals surface area contributed by atoms with Gasteiger partial charge < -0.3 is 0 Å². The number of carbonyl (C=O) groups excluding carboxylic acids is 1. The normalized spacial score (nSPS) is 10.8. The number of hydrogen-bond donors (Lipinski definition) is 0. The minimum atomic E-state index is 0.0668. The van der Waals surface area contributed by atoms with Crippen molar-refractivity contribution in [3.05, 3.63) is 66.1 Å². The van der Waals surface area contributed by atoms with Gasteiger partial charge in [-0.15, -0.1) is 4.68 Å². The molecule has 0 spiro atoms. The Balaban J connectivity index is 1.94. The van der Waals surface area contributed by atoms with Crippen LogP contribution in [0.25, 0.3) is 5.65 Å². The van der Waals surface area contributed by atoms with Crippen LogP contribution in [0.5, 0.6) is 0 Å². The molecule has 0 saturated carbocycles. The number of pyridine rings is 1. The molecule has 94 valence electrons. The van der Waals surface area contributed by atoms with Crippen LogP contribution < -0.4 is 4.40 Å². The zero-order valence-corrected chi connectivity index (χ0v) is 10.7. The first-order valence-corrected chi connectivity index (χ1v) is 6.18. The number of fused-ring (bicyclic) bond motifs is 1. The molecule has 2 heterocycles. The lowest BCUT2D eigenvalue weighted by atomic mass is 10.1. The van der Waals surface area contributed by atoms with Crippen molar-refractivity contribution in [2.75, 3.05) is 0 Å². The smallest absolute Gasteiger partial charge is 0.290 e. The van der Waals surface area contributed by atoms with Gasteiger partial charge in [-0.3, -0.25) is 4.79 Å². The predicted molar refractivity (Wildman–Crippen MR) is 70.9 cm³/mol. The summed E-state index contributed by atoms with van der Waals surface area (Å²) in [7, 11) is 0. The van der Waals surface area contributed by atoms with E-state index in [0.29, 0.717) is 5.56 Å². The van der Waals surface area contributed by atoms with E-state index in [4.69, 9.17) is 0 Å². The second-order valence-corrected chi connectivity index (χ2v) is 4.42. The summed E-state index contributed by atoms with van der Waals surface area (Å²) in [6, 6.07) is 15.1. The molecule has 3 aromatic rings. The average molecular weight is 252 g/mol.